The van der Waals surface area contributed by atoms with Gasteiger partial charge >= 0.3 is 0 Å². The van der Waals surface area contributed by atoms with Gasteiger partial charge in [-0.15, -0.1) is 0 Å². The van der Waals surface area contributed by atoms with Gasteiger partial charge in [0, 0.05) is 36.1 Å². The minimum Gasteiger partial charge on any atom is -0.330 e. The molecule has 132 valence electrons. The number of nitrogens with zero attached hydrogens (tertiary/aromatic N) is 4. The molecule has 0 fully saturated rings. The molecule has 1 aliphatic heterocycles. The van der Waals surface area contributed by atoms with Crippen LogP contribution in [0.1, 0.15) is 29.4 Å². The highest BCUT2D eigenvalue weighted by molar-refractivity contribution is 9.10. The van der Waals surface area contributed by atoms with Crippen LogP contribution in [-0.2, 0) is 0 Å². The topological polar surface area (TPSA) is 50.5 Å². The van der Waals surface area contributed by atoms with Crippen molar-refractivity contribution in [2.45, 2.75) is 19.4 Å². The Kier molecular flexibility index (Phi) is 4.54. The van der Waals surface area contributed by atoms with Gasteiger partial charge < -0.3 is 4.90 Å². The summed E-state index contributed by atoms with van der Waals surface area (Å²) < 4.78 is 2.42. The number of carbonyl (C=O) groups excluding carboxylic acids is 1. The van der Waals surface area contributed by atoms with Crippen LogP contribution in [0, 0.1) is 0 Å². The molecule has 4 rings (SSSR count). The maximum atomic E-state index is 12.9. The summed E-state index contributed by atoms with van der Waals surface area (Å²) in [5.74, 6) is -0.0893. The Hall–Kier alpha value is -2.18. The third kappa shape index (κ3) is 3.15. The molecule has 1 aliphatic rings. The van der Waals surface area contributed by atoms with Crippen molar-refractivity contribution in [3.8, 4) is 0 Å². The number of carbonyl (C=O) groups is 1. The molecule has 3 heterocycles. The summed E-state index contributed by atoms with van der Waals surface area (Å²) >= 11 is 9.68. The van der Waals surface area contributed by atoms with Gasteiger partial charge in [-0.05, 0) is 46.5 Å². The minimum absolute atomic E-state index is 0.0586. The lowest BCUT2D eigenvalue weighted by atomic mass is 9.94. The number of halogens is 2. The molecule has 0 bridgehead atoms. The Balaban J connectivity index is 1.60. The van der Waals surface area contributed by atoms with Crippen molar-refractivity contribution >= 4 is 44.7 Å². The fraction of sp³-hybridized carbons (Fsp3) is 0.211. The van der Waals surface area contributed by atoms with Gasteiger partial charge in [-0.3, -0.25) is 4.79 Å². The van der Waals surface area contributed by atoms with E-state index >= 15 is 0 Å². The fourth-order valence-corrected chi connectivity index (χ4v) is 3.78. The molecule has 26 heavy (non-hydrogen) atoms. The van der Waals surface area contributed by atoms with Crippen LogP contribution in [0.2, 0.25) is 5.02 Å². The van der Waals surface area contributed by atoms with Crippen molar-refractivity contribution < 1.29 is 4.79 Å². The van der Waals surface area contributed by atoms with Crippen molar-refractivity contribution in [3.05, 3.63) is 69.6 Å². The summed E-state index contributed by atoms with van der Waals surface area (Å²) in [5.41, 5.74) is 3.26. The van der Waals surface area contributed by atoms with Crippen LogP contribution in [0.15, 0.2) is 53.3 Å². The Labute approximate surface area is 164 Å². The van der Waals surface area contributed by atoms with Crippen LogP contribution in [0.3, 0.4) is 0 Å². The maximum Gasteiger partial charge on any atom is 0.274 e. The average molecular weight is 432 g/mol. The van der Waals surface area contributed by atoms with Crippen LogP contribution in [-0.4, -0.2) is 38.0 Å². The van der Waals surface area contributed by atoms with Crippen molar-refractivity contribution in [1.29, 1.82) is 0 Å². The molecule has 1 aromatic carbocycles. The molecule has 0 aliphatic carbocycles. The summed E-state index contributed by atoms with van der Waals surface area (Å²) in [5, 5.41) is 5.10. The molecule has 0 N–H and O–H groups in total. The Morgan fingerprint density at radius 3 is 2.92 bits per heavy atom. The molecule has 2 aromatic heterocycles. The summed E-state index contributed by atoms with van der Waals surface area (Å²) in [4.78, 5) is 19.0. The predicted octanol–water partition coefficient (Wildman–Crippen LogP) is 4.46. The average Bonchev–Trinajstić information content (AvgIpc) is 3.04. The van der Waals surface area contributed by atoms with E-state index in [0.717, 1.165) is 21.5 Å². The molecular weight excluding hydrogens is 416 g/mol. The second kappa shape index (κ2) is 6.85. The first kappa shape index (κ1) is 17.2. The lowest BCUT2D eigenvalue weighted by Gasteiger charge is -2.33. The van der Waals surface area contributed by atoms with Crippen molar-refractivity contribution in [2.75, 3.05) is 6.54 Å². The molecular formula is C19H16BrClN4O. The van der Waals surface area contributed by atoms with E-state index < -0.39 is 0 Å². The number of rotatable bonds is 2. The smallest absolute Gasteiger partial charge is 0.274 e. The zero-order chi connectivity index (χ0) is 18.3. The molecule has 3 aromatic rings. The highest BCUT2D eigenvalue weighted by Crippen LogP contribution is 2.31. The van der Waals surface area contributed by atoms with Crippen LogP contribution in [0.5, 0.6) is 0 Å². The van der Waals surface area contributed by atoms with Gasteiger partial charge in [0.2, 0.25) is 0 Å². The molecule has 1 atom stereocenters. The summed E-state index contributed by atoms with van der Waals surface area (Å²) in [6.07, 6.45) is 6.30. The molecule has 0 radical (unpaired) electrons. The number of amides is 1. The zero-order valence-corrected chi connectivity index (χ0v) is 16.4. The van der Waals surface area contributed by atoms with E-state index in [2.05, 4.69) is 32.1 Å². The molecule has 7 heteroatoms. The predicted molar refractivity (Wildman–Crippen MR) is 105 cm³/mol. The van der Waals surface area contributed by atoms with E-state index in [-0.39, 0.29) is 11.9 Å². The summed E-state index contributed by atoms with van der Waals surface area (Å²) in [7, 11) is 0. The van der Waals surface area contributed by atoms with Gasteiger partial charge in [0.25, 0.3) is 5.91 Å². The summed E-state index contributed by atoms with van der Waals surface area (Å²) in [6, 6.07) is 9.58. The van der Waals surface area contributed by atoms with Crippen LogP contribution < -0.4 is 0 Å². The maximum absolute atomic E-state index is 12.9. The quantitative estimate of drug-likeness (QED) is 0.602. The van der Waals surface area contributed by atoms with Gasteiger partial charge in [-0.25, -0.2) is 9.50 Å². The molecule has 1 unspecified atom stereocenters. The second-order valence-corrected chi connectivity index (χ2v) is 7.65. The standard InChI is InChI=1S/C19H16BrClN4O/c1-12-8-13(15-4-2-3-5-16(15)21)6-7-24(12)19(26)17-9-18-22-10-14(20)11-25(18)23-17/h2-6,9-12H,7-8H2,1H3. The van der Waals surface area contributed by atoms with E-state index in [1.807, 2.05) is 36.1 Å². The fourth-order valence-electron chi connectivity index (χ4n) is 3.23. The zero-order valence-electron chi connectivity index (χ0n) is 14.1. The molecule has 0 saturated carbocycles. The van der Waals surface area contributed by atoms with Crippen LogP contribution >= 0.6 is 27.5 Å². The third-order valence-electron chi connectivity index (χ3n) is 4.56. The number of fused-ring (bicyclic) bond motifs is 1. The number of benzene rings is 1. The third-order valence-corrected chi connectivity index (χ3v) is 5.30. The van der Waals surface area contributed by atoms with Crippen LogP contribution in [0.25, 0.3) is 11.2 Å². The summed E-state index contributed by atoms with van der Waals surface area (Å²) in [6.45, 7) is 2.58. The first-order chi connectivity index (χ1) is 12.5. The van der Waals surface area contributed by atoms with Gasteiger partial charge in [-0.1, -0.05) is 35.9 Å². The lowest BCUT2D eigenvalue weighted by Crippen LogP contribution is -2.41. The van der Waals surface area contributed by atoms with Crippen molar-refractivity contribution in [2.24, 2.45) is 0 Å². The Morgan fingerprint density at radius 2 is 2.15 bits per heavy atom. The van der Waals surface area contributed by atoms with E-state index in [1.165, 1.54) is 5.57 Å². The van der Waals surface area contributed by atoms with Gasteiger partial charge in [-0.2, -0.15) is 5.10 Å². The molecule has 5 nitrogen and oxygen atoms in total. The van der Waals surface area contributed by atoms with Gasteiger partial charge in [0.1, 0.15) is 0 Å². The van der Waals surface area contributed by atoms with Crippen molar-refractivity contribution in [3.63, 3.8) is 0 Å². The number of hydrogen-bond acceptors (Lipinski definition) is 3. The van der Waals surface area contributed by atoms with Crippen LogP contribution in [0.4, 0.5) is 0 Å². The number of hydrogen-bond donors (Lipinski definition) is 0. The Bertz CT molecular complexity index is 1030. The molecule has 1 amide bonds. The first-order valence-corrected chi connectivity index (χ1v) is 9.46. The van der Waals surface area contributed by atoms with E-state index in [1.54, 1.807) is 23.0 Å². The van der Waals surface area contributed by atoms with Crippen molar-refractivity contribution in [1.82, 2.24) is 19.5 Å². The Morgan fingerprint density at radius 1 is 1.35 bits per heavy atom. The monoisotopic (exact) mass is 430 g/mol. The number of aromatic nitrogens is 3. The molecule has 0 spiro atoms. The highest BCUT2D eigenvalue weighted by atomic mass is 79.9. The minimum atomic E-state index is -0.0893. The lowest BCUT2D eigenvalue weighted by molar-refractivity contribution is 0.0705. The normalized spacial score (nSPS) is 17.4. The molecule has 0 saturated heterocycles. The van der Waals surface area contributed by atoms with E-state index in [4.69, 9.17) is 11.6 Å². The van der Waals surface area contributed by atoms with Gasteiger partial charge in [0.15, 0.2) is 11.3 Å². The highest BCUT2D eigenvalue weighted by Gasteiger charge is 2.27. The van der Waals surface area contributed by atoms with E-state index in [9.17, 15) is 4.79 Å². The SMILES string of the molecule is CC1CC(c2ccccc2Cl)=CCN1C(=O)c1cc2ncc(Br)cn2n1. The first-order valence-electron chi connectivity index (χ1n) is 8.29. The van der Waals surface area contributed by atoms with E-state index in [0.29, 0.717) is 17.9 Å². The second-order valence-electron chi connectivity index (χ2n) is 6.32. The largest absolute Gasteiger partial charge is 0.330 e. The van der Waals surface area contributed by atoms with Gasteiger partial charge in [0.05, 0.1) is 4.47 Å².